The van der Waals surface area contributed by atoms with Crippen LogP contribution in [0.25, 0.3) is 0 Å². The lowest BCUT2D eigenvalue weighted by Gasteiger charge is -2.32. The van der Waals surface area contributed by atoms with Crippen molar-refractivity contribution in [2.45, 2.75) is 19.4 Å². The maximum Gasteiger partial charge on any atom is 0.236 e. The topological polar surface area (TPSA) is 40.6 Å². The van der Waals surface area contributed by atoms with Crippen LogP contribution in [0.5, 0.6) is 0 Å². The summed E-state index contributed by atoms with van der Waals surface area (Å²) in [4.78, 5) is 28.6. The highest BCUT2D eigenvalue weighted by molar-refractivity contribution is 5.97. The van der Waals surface area contributed by atoms with Crippen molar-refractivity contribution in [3.05, 3.63) is 71.5 Å². The highest BCUT2D eigenvalue weighted by Crippen LogP contribution is 2.22. The summed E-state index contributed by atoms with van der Waals surface area (Å²) in [5, 5.41) is 0. The lowest BCUT2D eigenvalue weighted by Crippen LogP contribution is -2.43. The Kier molecular flexibility index (Phi) is 6.35. The second kappa shape index (κ2) is 8.91. The van der Waals surface area contributed by atoms with E-state index in [9.17, 15) is 14.0 Å². The Hall–Kier alpha value is -2.53. The number of halogens is 1. The molecule has 0 aliphatic carbocycles. The Labute approximate surface area is 159 Å². The molecule has 0 N–H and O–H groups in total. The number of Topliss-reactive ketones (excluding diaryl/α,β-unsaturated/α-hetero) is 1. The van der Waals surface area contributed by atoms with E-state index in [0.717, 1.165) is 31.5 Å². The maximum absolute atomic E-state index is 13.8. The van der Waals surface area contributed by atoms with Gasteiger partial charge in [-0.3, -0.25) is 14.5 Å². The van der Waals surface area contributed by atoms with Crippen molar-refractivity contribution >= 4 is 11.7 Å². The van der Waals surface area contributed by atoms with Crippen LogP contribution in [0.4, 0.5) is 4.39 Å². The molecule has 4 nitrogen and oxygen atoms in total. The van der Waals surface area contributed by atoms with Crippen LogP contribution in [-0.4, -0.2) is 48.2 Å². The molecule has 1 aliphatic heterocycles. The highest BCUT2D eigenvalue weighted by Gasteiger charge is 2.27. The van der Waals surface area contributed by atoms with Gasteiger partial charge in [0.05, 0.1) is 6.54 Å². The summed E-state index contributed by atoms with van der Waals surface area (Å²) in [5.74, 6) is -0.114. The fourth-order valence-electron chi connectivity index (χ4n) is 3.47. The summed E-state index contributed by atoms with van der Waals surface area (Å²) in [6, 6.07) is 15.9. The second-order valence-electron chi connectivity index (χ2n) is 7.12. The molecule has 0 aromatic heterocycles. The third kappa shape index (κ3) is 5.01. The third-order valence-electron chi connectivity index (χ3n) is 5.17. The van der Waals surface area contributed by atoms with Gasteiger partial charge in [0, 0.05) is 30.6 Å². The van der Waals surface area contributed by atoms with Gasteiger partial charge < -0.3 is 4.90 Å². The molecule has 5 heteroatoms. The summed E-state index contributed by atoms with van der Waals surface area (Å²) in [5.41, 5.74) is 1.28. The summed E-state index contributed by atoms with van der Waals surface area (Å²) in [6.45, 7) is 2.01. The van der Waals surface area contributed by atoms with Gasteiger partial charge in [-0.2, -0.15) is 0 Å². The molecule has 1 amide bonds. The van der Waals surface area contributed by atoms with Gasteiger partial charge in [-0.15, -0.1) is 0 Å². The molecule has 1 fully saturated rings. The number of amides is 1. The van der Waals surface area contributed by atoms with Crippen LogP contribution in [0, 0.1) is 11.7 Å². The number of carbonyl (C=O) groups is 2. The first kappa shape index (κ1) is 19.2. The van der Waals surface area contributed by atoms with Crippen molar-refractivity contribution in [2.75, 3.05) is 26.7 Å². The Bertz CT molecular complexity index is 786. The number of hydrogen-bond donors (Lipinski definition) is 0. The Morgan fingerprint density at radius 1 is 1.04 bits per heavy atom. The lowest BCUT2D eigenvalue weighted by molar-refractivity contribution is -0.132. The molecular weight excluding hydrogens is 343 g/mol. The number of carbonyl (C=O) groups excluding carboxylic acids is 2. The van der Waals surface area contributed by atoms with E-state index in [1.165, 1.54) is 6.07 Å². The van der Waals surface area contributed by atoms with Gasteiger partial charge in [-0.05, 0) is 32.0 Å². The number of likely N-dealkylation sites (N-methyl/N-ethyl adjacent to an activating group) is 1. The van der Waals surface area contributed by atoms with Crippen molar-refractivity contribution in [3.63, 3.8) is 0 Å². The van der Waals surface area contributed by atoms with Crippen LogP contribution in [0.2, 0.25) is 0 Å². The third-order valence-corrected chi connectivity index (χ3v) is 5.17. The quantitative estimate of drug-likeness (QED) is 0.734. The van der Waals surface area contributed by atoms with E-state index in [0.29, 0.717) is 12.1 Å². The summed E-state index contributed by atoms with van der Waals surface area (Å²) >= 11 is 0. The van der Waals surface area contributed by atoms with Gasteiger partial charge in [0.15, 0.2) is 5.78 Å². The number of piperidine rings is 1. The Balaban J connectivity index is 1.48. The van der Waals surface area contributed by atoms with Gasteiger partial charge in [-0.25, -0.2) is 4.39 Å². The Morgan fingerprint density at radius 2 is 1.67 bits per heavy atom. The second-order valence-corrected chi connectivity index (χ2v) is 7.12. The molecule has 0 atom stereocenters. The molecule has 1 heterocycles. The molecule has 0 unspecified atom stereocenters. The smallest absolute Gasteiger partial charge is 0.236 e. The zero-order valence-electron chi connectivity index (χ0n) is 15.6. The lowest BCUT2D eigenvalue weighted by atomic mass is 9.89. The average molecular weight is 368 g/mol. The minimum absolute atomic E-state index is 0.0231. The zero-order chi connectivity index (χ0) is 19.2. The van der Waals surface area contributed by atoms with Gasteiger partial charge in [-0.1, -0.05) is 48.5 Å². The number of benzene rings is 2. The number of rotatable bonds is 6. The van der Waals surface area contributed by atoms with Crippen molar-refractivity contribution in [3.8, 4) is 0 Å². The van der Waals surface area contributed by atoms with Crippen LogP contribution in [0.3, 0.4) is 0 Å². The van der Waals surface area contributed by atoms with Crippen LogP contribution >= 0.6 is 0 Å². The largest absolute Gasteiger partial charge is 0.340 e. The molecule has 2 aromatic rings. The fraction of sp³-hybridized carbons (Fsp3) is 0.364. The van der Waals surface area contributed by atoms with E-state index in [2.05, 4.69) is 4.90 Å². The minimum atomic E-state index is -0.294. The zero-order valence-corrected chi connectivity index (χ0v) is 15.6. The van der Waals surface area contributed by atoms with E-state index < -0.39 is 0 Å². The molecule has 0 spiro atoms. The first-order chi connectivity index (χ1) is 13.0. The molecule has 3 rings (SSSR count). The van der Waals surface area contributed by atoms with Gasteiger partial charge in [0.25, 0.3) is 0 Å². The predicted molar refractivity (Wildman–Crippen MR) is 103 cm³/mol. The van der Waals surface area contributed by atoms with E-state index >= 15 is 0 Å². The van der Waals surface area contributed by atoms with E-state index in [4.69, 9.17) is 0 Å². The van der Waals surface area contributed by atoms with Gasteiger partial charge >= 0.3 is 0 Å². The summed E-state index contributed by atoms with van der Waals surface area (Å²) in [6.07, 6.45) is 1.52. The maximum atomic E-state index is 13.8. The molecule has 1 aliphatic rings. The molecule has 0 bridgehead atoms. The van der Waals surface area contributed by atoms with Crippen molar-refractivity contribution in [2.24, 2.45) is 5.92 Å². The number of likely N-dealkylation sites (tertiary alicyclic amines) is 1. The summed E-state index contributed by atoms with van der Waals surface area (Å²) in [7, 11) is 1.69. The first-order valence-electron chi connectivity index (χ1n) is 9.33. The van der Waals surface area contributed by atoms with Crippen molar-refractivity contribution in [1.29, 1.82) is 0 Å². The fourth-order valence-corrected chi connectivity index (χ4v) is 3.47. The van der Waals surface area contributed by atoms with Crippen LogP contribution in [-0.2, 0) is 11.3 Å². The number of nitrogens with zero attached hydrogens (tertiary/aromatic N) is 2. The molecule has 27 heavy (non-hydrogen) atoms. The predicted octanol–water partition coefficient (Wildman–Crippen LogP) is 3.38. The molecule has 142 valence electrons. The SMILES string of the molecule is CN(Cc1ccccc1F)C(=O)CN1CCC(C(=O)c2ccccc2)CC1. The molecule has 0 radical (unpaired) electrons. The Morgan fingerprint density at radius 3 is 2.33 bits per heavy atom. The van der Waals surface area contributed by atoms with Gasteiger partial charge in [0.2, 0.25) is 5.91 Å². The first-order valence-corrected chi connectivity index (χ1v) is 9.33. The normalized spacial score (nSPS) is 15.5. The minimum Gasteiger partial charge on any atom is -0.340 e. The summed E-state index contributed by atoms with van der Waals surface area (Å²) < 4.78 is 13.8. The number of hydrogen-bond acceptors (Lipinski definition) is 3. The molecule has 2 aromatic carbocycles. The van der Waals surface area contributed by atoms with E-state index in [1.54, 1.807) is 30.1 Å². The van der Waals surface area contributed by atoms with Crippen LogP contribution in [0.1, 0.15) is 28.8 Å². The monoisotopic (exact) mass is 368 g/mol. The highest BCUT2D eigenvalue weighted by atomic mass is 19.1. The van der Waals surface area contributed by atoms with Crippen LogP contribution < -0.4 is 0 Å². The van der Waals surface area contributed by atoms with Crippen molar-refractivity contribution < 1.29 is 14.0 Å². The molecule has 0 saturated carbocycles. The van der Waals surface area contributed by atoms with E-state index in [-0.39, 0.29) is 30.0 Å². The number of ketones is 1. The van der Waals surface area contributed by atoms with Crippen molar-refractivity contribution in [1.82, 2.24) is 9.80 Å². The molecular formula is C22H25FN2O2. The van der Waals surface area contributed by atoms with E-state index in [1.807, 2.05) is 30.3 Å². The van der Waals surface area contributed by atoms with Crippen LogP contribution in [0.15, 0.2) is 54.6 Å². The molecule has 1 saturated heterocycles. The average Bonchev–Trinajstić information content (AvgIpc) is 2.70. The van der Waals surface area contributed by atoms with Gasteiger partial charge in [0.1, 0.15) is 5.82 Å². The standard InChI is InChI=1S/C22H25FN2O2/c1-24(15-19-9-5-6-10-20(19)23)21(26)16-25-13-11-18(12-14-25)22(27)17-7-3-2-4-8-17/h2-10,18H,11-16H2,1H3.